The van der Waals surface area contributed by atoms with Gasteiger partial charge in [-0.15, -0.1) is 11.3 Å². The minimum atomic E-state index is -5.00. The van der Waals surface area contributed by atoms with Gasteiger partial charge in [0.15, 0.2) is 11.5 Å². The van der Waals surface area contributed by atoms with Crippen molar-refractivity contribution in [3.63, 3.8) is 0 Å². The molecule has 0 saturated heterocycles. The number of aliphatic hydroxyl groups is 1. The molecule has 3 rings (SSSR count). The summed E-state index contributed by atoms with van der Waals surface area (Å²) in [7, 11) is 0. The average molecular weight is 599 g/mol. The monoisotopic (exact) mass is 598 g/mol. The normalized spacial score (nSPS) is 17.9. The molecule has 2 atom stereocenters. The highest BCUT2D eigenvalue weighted by Crippen LogP contribution is 2.51. The van der Waals surface area contributed by atoms with Crippen LogP contribution in [0.25, 0.3) is 0 Å². The summed E-state index contributed by atoms with van der Waals surface area (Å²) in [4.78, 5) is 4.24. The lowest BCUT2D eigenvalue weighted by atomic mass is 9.76. The molecule has 2 aromatic rings. The van der Waals surface area contributed by atoms with Gasteiger partial charge in [0.1, 0.15) is 5.01 Å². The van der Waals surface area contributed by atoms with Crippen molar-refractivity contribution < 1.29 is 50.5 Å². The Bertz CT molecular complexity index is 1170. The quantitative estimate of drug-likeness (QED) is 0.132. The first kappa shape index (κ1) is 31.7. The third kappa shape index (κ3) is 7.46. The summed E-state index contributed by atoms with van der Waals surface area (Å²) in [6, 6.07) is 3.35. The molecular formula is C26H29F7N2O4S. The summed E-state index contributed by atoms with van der Waals surface area (Å²) in [5.41, 5.74) is -0.538. The first-order valence-electron chi connectivity index (χ1n) is 12.4. The predicted octanol–water partition coefficient (Wildman–Crippen LogP) is 7.64. The second-order valence-electron chi connectivity index (χ2n) is 9.21. The van der Waals surface area contributed by atoms with Gasteiger partial charge in [-0.2, -0.15) is 30.7 Å². The van der Waals surface area contributed by atoms with Gasteiger partial charge in [-0.1, -0.05) is 31.4 Å². The summed E-state index contributed by atoms with van der Waals surface area (Å²) in [6.07, 6.45) is 2.79. The molecule has 2 unspecified atom stereocenters. The lowest BCUT2D eigenvalue weighted by Crippen LogP contribution is -2.49. The minimum Gasteiger partial charge on any atom is -0.431 e. The van der Waals surface area contributed by atoms with E-state index in [4.69, 9.17) is 5.21 Å². The summed E-state index contributed by atoms with van der Waals surface area (Å²) >= 11 is 0.637. The Balaban J connectivity index is 2.12. The van der Waals surface area contributed by atoms with Crippen LogP contribution in [0, 0.1) is 5.92 Å². The van der Waals surface area contributed by atoms with Gasteiger partial charge in [0.05, 0.1) is 0 Å². The first-order valence-corrected chi connectivity index (χ1v) is 13.2. The zero-order valence-electron chi connectivity index (χ0n) is 21.3. The zero-order chi connectivity index (χ0) is 29.5. The molecule has 1 aromatic heterocycles. The van der Waals surface area contributed by atoms with Crippen molar-refractivity contribution in [1.82, 2.24) is 10.5 Å². The van der Waals surface area contributed by atoms with Gasteiger partial charge in [-0.3, -0.25) is 10.7 Å². The Morgan fingerprint density at radius 3 is 2.33 bits per heavy atom. The highest BCUT2D eigenvalue weighted by atomic mass is 32.1. The number of alkyl halides is 7. The number of hydrogen-bond acceptors (Lipinski definition) is 7. The van der Waals surface area contributed by atoms with E-state index in [1.165, 1.54) is 24.5 Å². The number of nitrogens with zero attached hydrogens (tertiary/aromatic N) is 1. The van der Waals surface area contributed by atoms with E-state index in [1.807, 2.05) is 5.48 Å². The van der Waals surface area contributed by atoms with Crippen molar-refractivity contribution in [2.24, 2.45) is 5.92 Å². The molecule has 0 aliphatic heterocycles. The van der Waals surface area contributed by atoms with Crippen LogP contribution in [-0.2, 0) is 5.60 Å². The number of hydrogen-bond donors (Lipinski definition) is 3. The Kier molecular flexibility index (Phi) is 10.8. The van der Waals surface area contributed by atoms with Crippen LogP contribution in [0.1, 0.15) is 66.8 Å². The lowest BCUT2D eigenvalue weighted by Gasteiger charge is -2.38. The number of benzene rings is 1. The molecule has 1 aliphatic carbocycles. The second-order valence-corrected chi connectivity index (χ2v) is 10.3. The van der Waals surface area contributed by atoms with Crippen LogP contribution >= 0.6 is 11.3 Å². The van der Waals surface area contributed by atoms with Crippen molar-refractivity contribution in [2.75, 3.05) is 0 Å². The zero-order valence-corrected chi connectivity index (χ0v) is 22.1. The number of rotatable bonds is 12. The Labute approximate surface area is 230 Å². The molecule has 1 fully saturated rings. The number of aromatic nitrogens is 1. The van der Waals surface area contributed by atoms with Crippen LogP contribution < -0.4 is 15.0 Å². The van der Waals surface area contributed by atoms with E-state index < -0.39 is 53.3 Å². The van der Waals surface area contributed by atoms with Gasteiger partial charge >= 0.3 is 19.4 Å². The van der Waals surface area contributed by atoms with Crippen LogP contribution in [0.4, 0.5) is 30.7 Å². The number of ether oxygens (including phenoxy) is 2. The molecular weight excluding hydrogens is 569 g/mol. The molecule has 1 heterocycles. The SMILES string of the molecule is C/C=C(\C=C/NO)CC(c1ccc(OC(F)F)c(OC(F)F)c1)c1cnc(C(O)(C2CCCCC2)C(F)(F)F)s1. The Morgan fingerprint density at radius 1 is 1.10 bits per heavy atom. The van der Waals surface area contributed by atoms with Crippen molar-refractivity contribution >= 4 is 11.3 Å². The van der Waals surface area contributed by atoms with Crippen molar-refractivity contribution in [1.29, 1.82) is 0 Å². The van der Waals surface area contributed by atoms with Crippen molar-refractivity contribution in [3.05, 3.63) is 63.8 Å². The molecule has 0 radical (unpaired) electrons. The van der Waals surface area contributed by atoms with E-state index in [0.29, 0.717) is 29.8 Å². The van der Waals surface area contributed by atoms with E-state index in [-0.39, 0.29) is 29.7 Å². The minimum absolute atomic E-state index is 0.0767. The third-order valence-corrected chi connectivity index (χ3v) is 8.04. The molecule has 40 heavy (non-hydrogen) atoms. The lowest BCUT2D eigenvalue weighted by molar-refractivity contribution is -0.290. The highest BCUT2D eigenvalue weighted by molar-refractivity contribution is 7.11. The maximum absolute atomic E-state index is 14.3. The number of halogens is 7. The van der Waals surface area contributed by atoms with Crippen LogP contribution in [0.3, 0.4) is 0 Å². The molecule has 222 valence electrons. The molecule has 3 N–H and O–H groups in total. The standard InChI is InChI=1S/C26H29F7N2O4S/c1-2-15(10-11-35-37)12-18(16-8-9-19(38-23(27)28)20(13-16)39-24(29)30)21-14-34-22(40-21)25(36,26(31,32)33)17-6-4-3-5-7-17/h2,8-11,13-14,17-18,23-24,35-37H,3-7,12H2,1H3/b11-10-,15-2+. The van der Waals surface area contributed by atoms with E-state index in [2.05, 4.69) is 14.5 Å². The molecule has 1 saturated carbocycles. The van der Waals surface area contributed by atoms with Crippen LogP contribution in [0.5, 0.6) is 11.5 Å². The second kappa shape index (κ2) is 13.7. The van der Waals surface area contributed by atoms with E-state index in [1.54, 1.807) is 13.0 Å². The van der Waals surface area contributed by atoms with Gasteiger partial charge in [-0.05, 0) is 55.5 Å². The molecule has 1 aromatic carbocycles. The van der Waals surface area contributed by atoms with Gasteiger partial charge in [0.25, 0.3) is 0 Å². The number of nitrogens with one attached hydrogen (secondary N) is 1. The van der Waals surface area contributed by atoms with Gasteiger partial charge < -0.3 is 14.6 Å². The topological polar surface area (TPSA) is 83.8 Å². The van der Waals surface area contributed by atoms with Gasteiger partial charge in [0.2, 0.25) is 5.60 Å². The molecule has 0 bridgehead atoms. The third-order valence-electron chi connectivity index (χ3n) is 6.81. The number of thiazole rings is 1. The average Bonchev–Trinajstić information content (AvgIpc) is 3.39. The number of hydroxylamine groups is 1. The van der Waals surface area contributed by atoms with Crippen molar-refractivity contribution in [3.8, 4) is 11.5 Å². The summed E-state index contributed by atoms with van der Waals surface area (Å²) in [6.45, 7) is -5.02. The maximum atomic E-state index is 14.3. The highest BCUT2D eigenvalue weighted by Gasteiger charge is 2.61. The van der Waals surface area contributed by atoms with Gasteiger partial charge in [-0.25, -0.2) is 4.98 Å². The van der Waals surface area contributed by atoms with Crippen LogP contribution in [-0.4, -0.2) is 34.7 Å². The fraction of sp³-hybridized carbons (Fsp3) is 0.500. The molecule has 6 nitrogen and oxygen atoms in total. The van der Waals surface area contributed by atoms with E-state index >= 15 is 0 Å². The molecule has 0 amide bonds. The predicted molar refractivity (Wildman–Crippen MR) is 133 cm³/mol. The molecule has 0 spiro atoms. The van der Waals surface area contributed by atoms with Crippen LogP contribution in [0.15, 0.2) is 48.3 Å². The van der Waals surface area contributed by atoms with Crippen LogP contribution in [0.2, 0.25) is 0 Å². The largest absolute Gasteiger partial charge is 0.431 e. The Hall–Kier alpha value is -2.84. The summed E-state index contributed by atoms with van der Waals surface area (Å²) < 4.78 is 103. The smallest absolute Gasteiger partial charge is 0.424 e. The summed E-state index contributed by atoms with van der Waals surface area (Å²) in [5.74, 6) is -3.25. The van der Waals surface area contributed by atoms with E-state index in [0.717, 1.165) is 18.6 Å². The first-order chi connectivity index (χ1) is 18.9. The fourth-order valence-electron chi connectivity index (χ4n) is 4.84. The number of allylic oxidation sites excluding steroid dienone is 3. The fourth-order valence-corrected chi connectivity index (χ4v) is 6.07. The molecule has 1 aliphatic rings. The summed E-state index contributed by atoms with van der Waals surface area (Å²) in [5, 5.41) is 19.5. The van der Waals surface area contributed by atoms with E-state index in [9.17, 15) is 35.8 Å². The Morgan fingerprint density at radius 2 is 1.75 bits per heavy atom. The van der Waals surface area contributed by atoms with Gasteiger partial charge in [0, 0.05) is 29.1 Å². The van der Waals surface area contributed by atoms with Crippen molar-refractivity contribution in [2.45, 2.75) is 76.4 Å². The maximum Gasteiger partial charge on any atom is 0.424 e. The molecule has 14 heteroatoms.